The Kier molecular flexibility index (Phi) is 1.71. The molecule has 0 saturated carbocycles. The van der Waals surface area contributed by atoms with Gasteiger partial charge in [-0.15, -0.1) is 0 Å². The summed E-state index contributed by atoms with van der Waals surface area (Å²) in [4.78, 5) is 8.43. The van der Waals surface area contributed by atoms with Crippen molar-refractivity contribution in [2.75, 3.05) is 5.32 Å². The van der Waals surface area contributed by atoms with Crippen LogP contribution in [0.1, 0.15) is 16.8 Å². The van der Waals surface area contributed by atoms with E-state index in [1.54, 1.807) is 0 Å². The summed E-state index contributed by atoms with van der Waals surface area (Å²) in [5.41, 5.74) is 5.83. The molecule has 2 aromatic rings. The van der Waals surface area contributed by atoms with E-state index in [1.807, 2.05) is 31.6 Å². The minimum absolute atomic E-state index is 0.915. The van der Waals surface area contributed by atoms with E-state index in [4.69, 9.17) is 0 Å². The molecule has 3 rings (SSSR count). The monoisotopic (exact) mass is 197 g/mol. The minimum Gasteiger partial charge on any atom is -0.355 e. The zero-order valence-corrected chi connectivity index (χ0v) is 8.49. The smallest absolute Gasteiger partial charge is 0.0453 e. The van der Waals surface area contributed by atoms with Crippen molar-refractivity contribution in [3.05, 3.63) is 47.5 Å². The number of rotatable bonds is 0. The average molecular weight is 197 g/mol. The standard InChI is InChI=1S/C12H11N3/c1-8-4-12-10(7-14-8)5-9-6-13-3-2-11(9)15-12/h2-4,6-7,15H,5H2,1H3. The first-order chi connectivity index (χ1) is 7.33. The summed E-state index contributed by atoms with van der Waals surface area (Å²) in [6, 6.07) is 4.09. The van der Waals surface area contributed by atoms with E-state index in [2.05, 4.69) is 21.4 Å². The third-order valence-electron chi connectivity index (χ3n) is 2.68. The van der Waals surface area contributed by atoms with E-state index in [1.165, 1.54) is 16.8 Å². The molecule has 0 spiro atoms. The van der Waals surface area contributed by atoms with Gasteiger partial charge in [-0.2, -0.15) is 0 Å². The van der Waals surface area contributed by atoms with Crippen LogP contribution < -0.4 is 5.32 Å². The second-order valence-electron chi connectivity index (χ2n) is 3.82. The van der Waals surface area contributed by atoms with Crippen LogP contribution in [0.2, 0.25) is 0 Å². The maximum absolute atomic E-state index is 4.30. The Balaban J connectivity index is 2.11. The van der Waals surface area contributed by atoms with Crippen LogP contribution in [0.5, 0.6) is 0 Å². The molecule has 0 aliphatic carbocycles. The van der Waals surface area contributed by atoms with E-state index in [9.17, 15) is 0 Å². The lowest BCUT2D eigenvalue weighted by Crippen LogP contribution is -2.07. The molecule has 3 nitrogen and oxygen atoms in total. The Morgan fingerprint density at radius 2 is 2.07 bits per heavy atom. The van der Waals surface area contributed by atoms with E-state index < -0.39 is 0 Å². The predicted octanol–water partition coefficient (Wildman–Crippen LogP) is 2.43. The molecule has 0 unspecified atom stereocenters. The van der Waals surface area contributed by atoms with Gasteiger partial charge in [0, 0.05) is 42.1 Å². The number of hydrogen-bond acceptors (Lipinski definition) is 3. The van der Waals surface area contributed by atoms with Gasteiger partial charge >= 0.3 is 0 Å². The third kappa shape index (κ3) is 1.36. The van der Waals surface area contributed by atoms with Gasteiger partial charge in [0.15, 0.2) is 0 Å². The van der Waals surface area contributed by atoms with Crippen LogP contribution in [0.25, 0.3) is 0 Å². The van der Waals surface area contributed by atoms with Crippen molar-refractivity contribution < 1.29 is 0 Å². The van der Waals surface area contributed by atoms with Gasteiger partial charge in [-0.1, -0.05) is 0 Å². The number of nitrogens with zero attached hydrogens (tertiary/aromatic N) is 2. The fraction of sp³-hybridized carbons (Fsp3) is 0.167. The molecule has 0 radical (unpaired) electrons. The lowest BCUT2D eigenvalue weighted by molar-refractivity contribution is 1.07. The fourth-order valence-electron chi connectivity index (χ4n) is 1.89. The molecular weight excluding hydrogens is 186 g/mol. The zero-order valence-electron chi connectivity index (χ0n) is 8.49. The molecule has 74 valence electrons. The molecular formula is C12H11N3. The summed E-state index contributed by atoms with van der Waals surface area (Å²) in [6.07, 6.45) is 6.57. The summed E-state index contributed by atoms with van der Waals surface area (Å²) >= 11 is 0. The van der Waals surface area contributed by atoms with Crippen molar-refractivity contribution >= 4 is 11.4 Å². The first-order valence-corrected chi connectivity index (χ1v) is 4.98. The first kappa shape index (κ1) is 8.41. The summed E-state index contributed by atoms with van der Waals surface area (Å²) < 4.78 is 0. The van der Waals surface area contributed by atoms with Crippen molar-refractivity contribution in [1.29, 1.82) is 0 Å². The normalized spacial score (nSPS) is 12.6. The zero-order chi connectivity index (χ0) is 10.3. The highest BCUT2D eigenvalue weighted by Crippen LogP contribution is 2.31. The van der Waals surface area contributed by atoms with Gasteiger partial charge in [-0.05, 0) is 30.2 Å². The highest BCUT2D eigenvalue weighted by molar-refractivity contribution is 5.70. The largest absolute Gasteiger partial charge is 0.355 e. The van der Waals surface area contributed by atoms with Gasteiger partial charge in [0.2, 0.25) is 0 Å². The molecule has 1 aliphatic rings. The van der Waals surface area contributed by atoms with Crippen molar-refractivity contribution in [1.82, 2.24) is 9.97 Å². The number of aryl methyl sites for hydroxylation is 1. The number of aromatic nitrogens is 2. The van der Waals surface area contributed by atoms with Crippen LogP contribution in [-0.4, -0.2) is 9.97 Å². The molecule has 3 heteroatoms. The number of pyridine rings is 2. The van der Waals surface area contributed by atoms with Crippen LogP contribution in [0.4, 0.5) is 11.4 Å². The Morgan fingerprint density at radius 3 is 3.00 bits per heavy atom. The number of fused-ring (bicyclic) bond motifs is 2. The number of hydrogen-bond donors (Lipinski definition) is 1. The Bertz CT molecular complexity index is 520. The predicted molar refractivity (Wildman–Crippen MR) is 59.3 cm³/mol. The SMILES string of the molecule is Cc1cc2c(cn1)Cc1cnccc1N2. The second-order valence-corrected chi connectivity index (χ2v) is 3.82. The van der Waals surface area contributed by atoms with Gasteiger partial charge in [-0.3, -0.25) is 9.97 Å². The first-order valence-electron chi connectivity index (χ1n) is 4.98. The lowest BCUT2D eigenvalue weighted by Gasteiger charge is -2.20. The van der Waals surface area contributed by atoms with Crippen LogP contribution >= 0.6 is 0 Å². The van der Waals surface area contributed by atoms with Crippen LogP contribution in [0, 0.1) is 6.92 Å². The van der Waals surface area contributed by atoms with Gasteiger partial charge < -0.3 is 5.32 Å². The van der Waals surface area contributed by atoms with Crippen LogP contribution in [-0.2, 0) is 6.42 Å². The summed E-state index contributed by atoms with van der Waals surface area (Å²) in [5, 5.41) is 3.40. The van der Waals surface area contributed by atoms with Gasteiger partial charge in [-0.25, -0.2) is 0 Å². The Morgan fingerprint density at radius 1 is 1.20 bits per heavy atom. The minimum atomic E-state index is 0.915. The quantitative estimate of drug-likeness (QED) is 0.601. The van der Waals surface area contributed by atoms with Crippen molar-refractivity contribution in [3.8, 4) is 0 Å². The molecule has 15 heavy (non-hydrogen) atoms. The summed E-state index contributed by atoms with van der Waals surface area (Å²) in [7, 11) is 0. The fourth-order valence-corrected chi connectivity index (χ4v) is 1.89. The number of anilines is 2. The molecule has 2 aromatic heterocycles. The second kappa shape index (κ2) is 3.05. The van der Waals surface area contributed by atoms with Gasteiger partial charge in [0.1, 0.15) is 0 Å². The van der Waals surface area contributed by atoms with E-state index >= 15 is 0 Å². The van der Waals surface area contributed by atoms with E-state index in [0.717, 1.165) is 17.8 Å². The molecule has 0 saturated heterocycles. The van der Waals surface area contributed by atoms with Gasteiger partial charge in [0.25, 0.3) is 0 Å². The maximum Gasteiger partial charge on any atom is 0.0453 e. The van der Waals surface area contributed by atoms with Crippen LogP contribution in [0.15, 0.2) is 30.7 Å². The van der Waals surface area contributed by atoms with E-state index in [0.29, 0.717) is 0 Å². The van der Waals surface area contributed by atoms with Crippen molar-refractivity contribution in [2.24, 2.45) is 0 Å². The number of nitrogens with one attached hydrogen (secondary N) is 1. The molecule has 0 aromatic carbocycles. The molecule has 0 atom stereocenters. The average Bonchev–Trinajstić information content (AvgIpc) is 2.26. The van der Waals surface area contributed by atoms with E-state index in [-0.39, 0.29) is 0 Å². The molecule has 0 amide bonds. The topological polar surface area (TPSA) is 37.8 Å². The van der Waals surface area contributed by atoms with Crippen molar-refractivity contribution in [3.63, 3.8) is 0 Å². The molecule has 0 bridgehead atoms. The highest BCUT2D eigenvalue weighted by Gasteiger charge is 2.14. The third-order valence-corrected chi connectivity index (χ3v) is 2.68. The Hall–Kier alpha value is -1.90. The lowest BCUT2D eigenvalue weighted by atomic mass is 10.0. The molecule has 1 N–H and O–H groups in total. The maximum atomic E-state index is 4.30. The summed E-state index contributed by atoms with van der Waals surface area (Å²) in [6.45, 7) is 2.00. The molecule has 3 heterocycles. The van der Waals surface area contributed by atoms with Crippen molar-refractivity contribution in [2.45, 2.75) is 13.3 Å². The summed E-state index contributed by atoms with van der Waals surface area (Å²) in [5.74, 6) is 0. The van der Waals surface area contributed by atoms with Gasteiger partial charge in [0.05, 0.1) is 0 Å². The molecule has 1 aliphatic heterocycles. The highest BCUT2D eigenvalue weighted by atomic mass is 14.9. The van der Waals surface area contributed by atoms with Crippen LogP contribution in [0.3, 0.4) is 0 Å². The molecule has 0 fully saturated rings. The Labute approximate surface area is 88.2 Å².